The van der Waals surface area contributed by atoms with Gasteiger partial charge in [-0.1, -0.05) is 113 Å². The molecule has 246 valence electrons. The molecule has 0 bridgehead atoms. The predicted molar refractivity (Wildman–Crippen MR) is 203 cm³/mol. The van der Waals surface area contributed by atoms with Crippen LogP contribution in [0, 0.1) is 0 Å². The number of benzene rings is 3. The van der Waals surface area contributed by atoms with E-state index in [-0.39, 0.29) is 10.8 Å². The smallest absolute Gasteiger partial charge is 0.0401 e. The summed E-state index contributed by atoms with van der Waals surface area (Å²) in [5.41, 5.74) is 8.13. The summed E-state index contributed by atoms with van der Waals surface area (Å²) in [6, 6.07) is 28.8. The van der Waals surface area contributed by atoms with Crippen molar-refractivity contribution in [1.82, 2.24) is 10.6 Å². The van der Waals surface area contributed by atoms with Crippen molar-refractivity contribution in [3.05, 3.63) is 119 Å². The molecule has 2 aliphatic heterocycles. The van der Waals surface area contributed by atoms with Crippen molar-refractivity contribution in [2.75, 3.05) is 25.6 Å². The molecule has 2 unspecified atom stereocenters. The lowest BCUT2D eigenvalue weighted by atomic mass is 9.66. The Morgan fingerprint density at radius 2 is 1.02 bits per heavy atom. The summed E-state index contributed by atoms with van der Waals surface area (Å²) in [5, 5.41) is 7.53. The first-order valence-corrected chi connectivity index (χ1v) is 20.3. The maximum Gasteiger partial charge on any atom is 0.0401 e. The quantitative estimate of drug-likeness (QED) is 0.119. The number of hydrogen-bond donors (Lipinski definition) is 2. The molecule has 0 saturated carbocycles. The van der Waals surface area contributed by atoms with Gasteiger partial charge in [-0.15, -0.1) is 23.5 Å². The fourth-order valence-electron chi connectivity index (χ4n) is 7.62. The Kier molecular flexibility index (Phi) is 12.9. The first-order valence-electron chi connectivity index (χ1n) is 17.9. The lowest BCUT2D eigenvalue weighted by molar-refractivity contribution is 0.512. The van der Waals surface area contributed by atoms with Gasteiger partial charge in [-0.05, 0) is 97.6 Å². The lowest BCUT2D eigenvalue weighted by Crippen LogP contribution is -2.30. The molecule has 0 amide bonds. The molecule has 0 aliphatic carbocycles. The standard InChI is InChI=1S/C42H56N2S2/c1-5-7-9-26-41(31-37-16-12-28-43-37,33-18-22-39(45-3)23-19-33)35-14-11-15-36(30-35)42(27-10-8-6-2,32-38-17-13-29-44-38)34-20-24-40(46-4)25-21-34/h11,14-15,18-25,30-32,43-44H,5-10,12-13,16-17,26-29H2,1-4H3/b37-31+,38-32+. The molecule has 2 nitrogen and oxygen atoms in total. The molecule has 2 saturated heterocycles. The molecule has 0 aromatic heterocycles. The maximum atomic E-state index is 3.77. The Morgan fingerprint density at radius 3 is 1.37 bits per heavy atom. The van der Waals surface area contributed by atoms with E-state index in [1.807, 2.05) is 23.5 Å². The highest BCUT2D eigenvalue weighted by Crippen LogP contribution is 2.46. The highest BCUT2D eigenvalue weighted by molar-refractivity contribution is 7.98. The normalized spacial score (nSPS) is 19.1. The Labute approximate surface area is 288 Å². The Balaban J connectivity index is 1.74. The van der Waals surface area contributed by atoms with E-state index in [1.165, 1.54) is 94.8 Å². The summed E-state index contributed by atoms with van der Waals surface area (Å²) in [4.78, 5) is 2.65. The first kappa shape index (κ1) is 34.8. The number of hydrogen-bond acceptors (Lipinski definition) is 4. The van der Waals surface area contributed by atoms with Gasteiger partial charge in [-0.25, -0.2) is 0 Å². The Morgan fingerprint density at radius 1 is 0.587 bits per heavy atom. The van der Waals surface area contributed by atoms with Crippen molar-refractivity contribution in [2.24, 2.45) is 0 Å². The van der Waals surface area contributed by atoms with Gasteiger partial charge < -0.3 is 10.6 Å². The van der Waals surface area contributed by atoms with Gasteiger partial charge in [0.25, 0.3) is 0 Å². The van der Waals surface area contributed by atoms with Crippen LogP contribution in [0.2, 0.25) is 0 Å². The van der Waals surface area contributed by atoms with Crippen molar-refractivity contribution in [3.63, 3.8) is 0 Å². The van der Waals surface area contributed by atoms with Gasteiger partial charge in [0.05, 0.1) is 0 Å². The topological polar surface area (TPSA) is 24.1 Å². The molecule has 4 heteroatoms. The van der Waals surface area contributed by atoms with E-state index >= 15 is 0 Å². The van der Waals surface area contributed by atoms with Crippen LogP contribution in [-0.4, -0.2) is 25.6 Å². The fourth-order valence-corrected chi connectivity index (χ4v) is 8.44. The largest absolute Gasteiger partial charge is 0.389 e. The van der Waals surface area contributed by atoms with E-state index in [0.29, 0.717) is 0 Å². The zero-order chi connectivity index (χ0) is 32.2. The zero-order valence-electron chi connectivity index (χ0n) is 28.8. The average Bonchev–Trinajstić information content (AvgIpc) is 3.82. The van der Waals surface area contributed by atoms with Crippen LogP contribution in [0.15, 0.2) is 106 Å². The molecule has 3 aromatic rings. The number of thioether (sulfide) groups is 2. The number of allylic oxidation sites excluding steroid dienone is 4. The molecule has 2 N–H and O–H groups in total. The molecule has 3 aromatic carbocycles. The SMILES string of the molecule is CCCCCC(/C=C1\CCCN1)(c1ccc(SC)cc1)c1cccc(C(/C=C2\CCCN2)(CCCCC)c2ccc(SC)cc2)c1. The fraction of sp³-hybridized carbons (Fsp3) is 0.476. The molecule has 2 heterocycles. The van der Waals surface area contributed by atoms with E-state index in [9.17, 15) is 0 Å². The second-order valence-electron chi connectivity index (χ2n) is 13.3. The van der Waals surface area contributed by atoms with E-state index in [2.05, 4.69) is 122 Å². The Hall–Kier alpha value is -2.56. The molecule has 2 aliphatic rings. The molecule has 0 spiro atoms. The number of unbranched alkanes of at least 4 members (excludes halogenated alkanes) is 4. The third-order valence-electron chi connectivity index (χ3n) is 10.2. The molecular formula is C42H56N2S2. The van der Waals surface area contributed by atoms with Crippen LogP contribution in [0.5, 0.6) is 0 Å². The third kappa shape index (κ3) is 8.11. The summed E-state index contributed by atoms with van der Waals surface area (Å²) >= 11 is 3.65. The van der Waals surface area contributed by atoms with Gasteiger partial charge in [0.2, 0.25) is 0 Å². The summed E-state index contributed by atoms with van der Waals surface area (Å²) in [7, 11) is 0. The number of rotatable bonds is 16. The second kappa shape index (κ2) is 17.0. The van der Waals surface area contributed by atoms with Crippen molar-refractivity contribution >= 4 is 23.5 Å². The van der Waals surface area contributed by atoms with Crippen LogP contribution in [-0.2, 0) is 10.8 Å². The van der Waals surface area contributed by atoms with Gasteiger partial charge in [0.15, 0.2) is 0 Å². The highest BCUT2D eigenvalue weighted by atomic mass is 32.2. The van der Waals surface area contributed by atoms with Gasteiger partial charge in [0, 0.05) is 45.1 Å². The monoisotopic (exact) mass is 652 g/mol. The zero-order valence-corrected chi connectivity index (χ0v) is 30.4. The van der Waals surface area contributed by atoms with E-state index < -0.39 is 0 Å². The van der Waals surface area contributed by atoms with Crippen LogP contribution in [0.25, 0.3) is 0 Å². The third-order valence-corrected chi connectivity index (χ3v) is 11.7. The number of nitrogens with one attached hydrogen (secondary N) is 2. The lowest BCUT2D eigenvalue weighted by Gasteiger charge is -2.37. The van der Waals surface area contributed by atoms with Crippen molar-refractivity contribution in [2.45, 2.75) is 112 Å². The van der Waals surface area contributed by atoms with E-state index in [4.69, 9.17) is 0 Å². The summed E-state index contributed by atoms with van der Waals surface area (Å²) in [6.45, 7) is 6.80. The molecule has 2 fully saturated rings. The first-order chi connectivity index (χ1) is 22.6. The average molecular weight is 653 g/mol. The maximum absolute atomic E-state index is 3.77. The summed E-state index contributed by atoms with van der Waals surface area (Å²) in [5.74, 6) is 0. The van der Waals surface area contributed by atoms with Crippen LogP contribution >= 0.6 is 23.5 Å². The highest BCUT2D eigenvalue weighted by Gasteiger charge is 2.37. The molecule has 2 atom stereocenters. The van der Waals surface area contributed by atoms with Crippen LogP contribution in [0.4, 0.5) is 0 Å². The van der Waals surface area contributed by atoms with Crippen LogP contribution in [0.1, 0.15) is 113 Å². The molecular weight excluding hydrogens is 597 g/mol. The molecule has 5 rings (SSSR count). The Bertz CT molecular complexity index is 1320. The predicted octanol–water partition coefficient (Wildman–Crippen LogP) is 11.4. The van der Waals surface area contributed by atoms with Crippen LogP contribution < -0.4 is 10.6 Å². The van der Waals surface area contributed by atoms with Gasteiger partial charge in [-0.3, -0.25) is 0 Å². The van der Waals surface area contributed by atoms with Gasteiger partial charge in [-0.2, -0.15) is 0 Å². The summed E-state index contributed by atoms with van der Waals surface area (Å²) < 4.78 is 0. The second-order valence-corrected chi connectivity index (χ2v) is 15.1. The minimum Gasteiger partial charge on any atom is -0.389 e. The van der Waals surface area contributed by atoms with Gasteiger partial charge >= 0.3 is 0 Å². The van der Waals surface area contributed by atoms with E-state index in [1.54, 1.807) is 0 Å². The van der Waals surface area contributed by atoms with E-state index in [0.717, 1.165) is 38.8 Å². The molecule has 46 heavy (non-hydrogen) atoms. The van der Waals surface area contributed by atoms with Crippen molar-refractivity contribution in [1.29, 1.82) is 0 Å². The van der Waals surface area contributed by atoms with Gasteiger partial charge in [0.1, 0.15) is 0 Å². The van der Waals surface area contributed by atoms with Crippen molar-refractivity contribution < 1.29 is 0 Å². The van der Waals surface area contributed by atoms with Crippen LogP contribution in [0.3, 0.4) is 0 Å². The summed E-state index contributed by atoms with van der Waals surface area (Å²) in [6.07, 6.45) is 23.9. The minimum absolute atomic E-state index is 0.189. The minimum atomic E-state index is -0.189. The molecule has 0 radical (unpaired) electrons. The van der Waals surface area contributed by atoms with Crippen molar-refractivity contribution in [3.8, 4) is 0 Å².